The monoisotopic (exact) mass is 221 g/mol. The van der Waals surface area contributed by atoms with Crippen LogP contribution in [0.5, 0.6) is 0 Å². The molecule has 1 aliphatic rings. The summed E-state index contributed by atoms with van der Waals surface area (Å²) in [5.41, 5.74) is 5.88. The van der Waals surface area contributed by atoms with Gasteiger partial charge in [-0.2, -0.15) is 0 Å². The molecule has 92 valence electrons. The van der Waals surface area contributed by atoms with E-state index in [2.05, 4.69) is 12.8 Å². The third-order valence-electron chi connectivity index (χ3n) is 4.14. The van der Waals surface area contributed by atoms with E-state index in [0.29, 0.717) is 0 Å². The number of nitrogens with two attached hydrogens (primary N) is 1. The van der Waals surface area contributed by atoms with Gasteiger partial charge in [0, 0.05) is 6.42 Å². The second-order valence-corrected chi connectivity index (χ2v) is 5.32. The first-order valence-corrected chi connectivity index (χ1v) is 6.95. The summed E-state index contributed by atoms with van der Waals surface area (Å²) in [5.74, 6) is 5.33. The Morgan fingerprint density at radius 3 is 2.69 bits per heavy atom. The zero-order valence-electron chi connectivity index (χ0n) is 10.8. The van der Waals surface area contributed by atoms with Crippen LogP contribution < -0.4 is 5.73 Å². The van der Waals surface area contributed by atoms with Crippen LogP contribution >= 0.6 is 0 Å². The molecule has 0 saturated heterocycles. The van der Waals surface area contributed by atoms with Gasteiger partial charge in [0.25, 0.3) is 0 Å². The van der Waals surface area contributed by atoms with Crippen molar-refractivity contribution in [3.05, 3.63) is 0 Å². The van der Waals surface area contributed by atoms with E-state index in [1.807, 2.05) is 0 Å². The van der Waals surface area contributed by atoms with E-state index in [4.69, 9.17) is 12.2 Å². The first-order valence-electron chi connectivity index (χ1n) is 6.95. The first kappa shape index (κ1) is 13.6. The largest absolute Gasteiger partial charge is 0.330 e. The van der Waals surface area contributed by atoms with Crippen molar-refractivity contribution < 1.29 is 0 Å². The molecule has 1 nitrogen and oxygen atoms in total. The Morgan fingerprint density at radius 2 is 2.06 bits per heavy atom. The predicted molar refractivity (Wildman–Crippen MR) is 71.0 cm³/mol. The molecule has 0 radical (unpaired) electrons. The van der Waals surface area contributed by atoms with Crippen LogP contribution in [-0.4, -0.2) is 6.54 Å². The molecule has 3 unspecified atom stereocenters. The molecule has 2 N–H and O–H groups in total. The molecular weight excluding hydrogens is 194 g/mol. The fourth-order valence-corrected chi connectivity index (χ4v) is 3.22. The first-order chi connectivity index (χ1) is 7.81. The summed E-state index contributed by atoms with van der Waals surface area (Å²) in [6, 6.07) is 0. The summed E-state index contributed by atoms with van der Waals surface area (Å²) in [5, 5.41) is 0. The van der Waals surface area contributed by atoms with Crippen LogP contribution in [0.4, 0.5) is 0 Å². The van der Waals surface area contributed by atoms with Crippen LogP contribution in [0.3, 0.4) is 0 Å². The number of rotatable bonds is 6. The summed E-state index contributed by atoms with van der Waals surface area (Å²) in [7, 11) is 0. The van der Waals surface area contributed by atoms with E-state index in [9.17, 15) is 0 Å². The molecule has 3 atom stereocenters. The van der Waals surface area contributed by atoms with Crippen molar-refractivity contribution in [2.45, 2.75) is 58.3 Å². The maximum absolute atomic E-state index is 5.88. The van der Waals surface area contributed by atoms with Crippen molar-refractivity contribution >= 4 is 0 Å². The van der Waals surface area contributed by atoms with Gasteiger partial charge in [-0.3, -0.25) is 0 Å². The topological polar surface area (TPSA) is 26.0 Å². The van der Waals surface area contributed by atoms with Gasteiger partial charge >= 0.3 is 0 Å². The zero-order valence-corrected chi connectivity index (χ0v) is 10.8. The van der Waals surface area contributed by atoms with Crippen LogP contribution in [0, 0.1) is 30.1 Å². The molecule has 0 bridgehead atoms. The summed E-state index contributed by atoms with van der Waals surface area (Å²) < 4.78 is 0. The highest BCUT2D eigenvalue weighted by Crippen LogP contribution is 2.38. The van der Waals surface area contributed by atoms with Crippen molar-refractivity contribution in [3.63, 3.8) is 0 Å². The third kappa shape index (κ3) is 4.18. The Hall–Kier alpha value is -0.480. The molecule has 1 heteroatoms. The number of unbranched alkanes of at least 4 members (excludes halogenated alkanes) is 1. The fraction of sp³-hybridized carbons (Fsp3) is 0.867. The maximum atomic E-state index is 5.88. The molecule has 0 aromatic carbocycles. The average Bonchev–Trinajstić information content (AvgIpc) is 2.30. The normalized spacial score (nSPS) is 29.9. The smallest absolute Gasteiger partial charge is 0.00861 e. The van der Waals surface area contributed by atoms with Gasteiger partial charge in [0.2, 0.25) is 0 Å². The minimum absolute atomic E-state index is 0.769. The number of hydrogen-bond acceptors (Lipinski definition) is 1. The lowest BCUT2D eigenvalue weighted by atomic mass is 9.71. The lowest BCUT2D eigenvalue weighted by molar-refractivity contribution is 0.165. The van der Waals surface area contributed by atoms with Crippen molar-refractivity contribution in [2.75, 3.05) is 6.54 Å². The minimum atomic E-state index is 0.769. The number of hydrogen-bond donors (Lipinski definition) is 1. The van der Waals surface area contributed by atoms with Crippen molar-refractivity contribution in [3.8, 4) is 12.3 Å². The molecule has 0 aliphatic heterocycles. The Balaban J connectivity index is 2.37. The molecular formula is C15H27N. The predicted octanol–water partition coefficient (Wildman–Crippen LogP) is 3.58. The van der Waals surface area contributed by atoms with Gasteiger partial charge < -0.3 is 5.73 Å². The van der Waals surface area contributed by atoms with Crippen molar-refractivity contribution in [1.82, 2.24) is 0 Å². The molecule has 1 fully saturated rings. The van der Waals surface area contributed by atoms with Gasteiger partial charge in [-0.15, -0.1) is 12.3 Å². The van der Waals surface area contributed by atoms with Gasteiger partial charge in [0.15, 0.2) is 0 Å². The molecule has 0 aromatic rings. The van der Waals surface area contributed by atoms with E-state index >= 15 is 0 Å². The molecule has 0 spiro atoms. The second-order valence-electron chi connectivity index (χ2n) is 5.32. The van der Waals surface area contributed by atoms with E-state index < -0.39 is 0 Å². The molecule has 0 heterocycles. The summed E-state index contributed by atoms with van der Waals surface area (Å²) in [6.45, 7) is 3.17. The fourth-order valence-electron chi connectivity index (χ4n) is 3.22. The van der Waals surface area contributed by atoms with Gasteiger partial charge in [0.1, 0.15) is 0 Å². The number of terminal acetylenes is 1. The van der Waals surface area contributed by atoms with Crippen LogP contribution in [0.1, 0.15) is 58.3 Å². The average molecular weight is 221 g/mol. The lowest BCUT2D eigenvalue weighted by Gasteiger charge is -2.35. The summed E-state index contributed by atoms with van der Waals surface area (Å²) >= 11 is 0. The zero-order chi connectivity index (χ0) is 11.8. The second kappa shape index (κ2) is 7.74. The highest BCUT2D eigenvalue weighted by Gasteiger charge is 2.28. The van der Waals surface area contributed by atoms with Gasteiger partial charge in [-0.25, -0.2) is 0 Å². The maximum Gasteiger partial charge on any atom is 0.00861 e. The van der Waals surface area contributed by atoms with Crippen LogP contribution in [-0.2, 0) is 0 Å². The van der Waals surface area contributed by atoms with E-state index in [1.54, 1.807) is 0 Å². The quantitative estimate of drug-likeness (QED) is 0.538. The van der Waals surface area contributed by atoms with Crippen molar-refractivity contribution in [2.24, 2.45) is 23.5 Å². The van der Waals surface area contributed by atoms with Gasteiger partial charge in [0.05, 0.1) is 0 Å². The van der Waals surface area contributed by atoms with Crippen molar-refractivity contribution in [1.29, 1.82) is 0 Å². The Bertz CT molecular complexity index is 216. The molecule has 1 aliphatic carbocycles. The Labute approximate surface area is 101 Å². The third-order valence-corrected chi connectivity index (χ3v) is 4.14. The minimum Gasteiger partial charge on any atom is -0.330 e. The molecule has 1 saturated carbocycles. The Kier molecular flexibility index (Phi) is 6.57. The molecule has 16 heavy (non-hydrogen) atoms. The highest BCUT2D eigenvalue weighted by atomic mass is 14.6. The standard InChI is InChI=1S/C15H27N/c1-3-5-6-8-14-11-13(7-4-2)9-10-15(14)12-16/h1,13-15H,4-12,16H2,2H3. The van der Waals surface area contributed by atoms with Crippen LogP contribution in [0.2, 0.25) is 0 Å². The van der Waals surface area contributed by atoms with Crippen LogP contribution in [0.25, 0.3) is 0 Å². The molecule has 0 aromatic heterocycles. The Morgan fingerprint density at radius 1 is 1.25 bits per heavy atom. The SMILES string of the molecule is C#CCCCC1CC(CCC)CCC1CN. The van der Waals surface area contributed by atoms with E-state index in [1.165, 1.54) is 44.9 Å². The van der Waals surface area contributed by atoms with E-state index in [0.717, 1.165) is 30.7 Å². The van der Waals surface area contributed by atoms with Gasteiger partial charge in [-0.05, 0) is 50.0 Å². The summed E-state index contributed by atoms with van der Waals surface area (Å²) in [4.78, 5) is 0. The molecule has 1 rings (SSSR count). The molecule has 0 amide bonds. The van der Waals surface area contributed by atoms with E-state index in [-0.39, 0.29) is 0 Å². The van der Waals surface area contributed by atoms with Crippen LogP contribution in [0.15, 0.2) is 0 Å². The highest BCUT2D eigenvalue weighted by molar-refractivity contribution is 4.85. The summed E-state index contributed by atoms with van der Waals surface area (Å²) in [6.07, 6.45) is 15.6. The van der Waals surface area contributed by atoms with Gasteiger partial charge in [-0.1, -0.05) is 26.2 Å². The lowest BCUT2D eigenvalue weighted by Crippen LogP contribution is -2.30.